The fourth-order valence-electron chi connectivity index (χ4n) is 2.64. The first kappa shape index (κ1) is 13.1. The van der Waals surface area contributed by atoms with E-state index in [9.17, 15) is 4.79 Å². The number of likely N-dealkylation sites (N-methyl/N-ethyl adjacent to an activating group) is 1. The molecule has 0 fully saturated rings. The maximum Gasteiger partial charge on any atom is 0.248 e. The van der Waals surface area contributed by atoms with Crippen LogP contribution in [-0.4, -0.2) is 19.0 Å². The number of nitrogens with zero attached hydrogens (tertiary/aromatic N) is 1. The number of rotatable bonds is 4. The Balaban J connectivity index is 2.26. The fraction of sp³-hybridized carbons (Fsp3) is 0.533. The minimum atomic E-state index is -0.182. The first-order valence-corrected chi connectivity index (χ1v) is 6.68. The summed E-state index contributed by atoms with van der Waals surface area (Å²) >= 11 is 0. The highest BCUT2D eigenvalue weighted by Gasteiger charge is 2.35. The molecule has 0 saturated carbocycles. The number of para-hydroxylation sites is 1. The lowest BCUT2D eigenvalue weighted by Gasteiger charge is -2.24. The second-order valence-electron chi connectivity index (χ2n) is 5.31. The van der Waals surface area contributed by atoms with Gasteiger partial charge in [0, 0.05) is 24.3 Å². The maximum atomic E-state index is 12.3. The lowest BCUT2D eigenvalue weighted by molar-refractivity contribution is -0.120. The molecule has 98 valence electrons. The van der Waals surface area contributed by atoms with E-state index in [1.807, 2.05) is 31.3 Å². The number of amides is 1. The van der Waals surface area contributed by atoms with Gasteiger partial charge in [-0.25, -0.2) is 0 Å². The van der Waals surface area contributed by atoms with Gasteiger partial charge in [-0.15, -0.1) is 0 Å². The fourth-order valence-corrected chi connectivity index (χ4v) is 2.64. The number of anilines is 1. The van der Waals surface area contributed by atoms with Crippen molar-refractivity contribution in [3.63, 3.8) is 0 Å². The summed E-state index contributed by atoms with van der Waals surface area (Å²) in [5, 5.41) is 3.51. The van der Waals surface area contributed by atoms with Crippen molar-refractivity contribution in [2.75, 3.05) is 11.9 Å². The molecule has 0 saturated heterocycles. The number of carbonyl (C=O) groups is 1. The average Bonchev–Trinajstić information content (AvgIpc) is 2.60. The second kappa shape index (κ2) is 5.11. The van der Waals surface area contributed by atoms with Crippen molar-refractivity contribution in [3.05, 3.63) is 29.8 Å². The zero-order valence-corrected chi connectivity index (χ0v) is 11.6. The molecule has 3 heteroatoms. The van der Waals surface area contributed by atoms with Crippen LogP contribution in [0.2, 0.25) is 0 Å². The summed E-state index contributed by atoms with van der Waals surface area (Å²) in [5.41, 5.74) is 2.13. The summed E-state index contributed by atoms with van der Waals surface area (Å²) in [7, 11) is 1.85. The summed E-state index contributed by atoms with van der Waals surface area (Å²) < 4.78 is 0. The van der Waals surface area contributed by atoms with E-state index in [4.69, 9.17) is 0 Å². The Morgan fingerprint density at radius 1 is 1.33 bits per heavy atom. The van der Waals surface area contributed by atoms with Gasteiger partial charge in [0.2, 0.25) is 5.91 Å². The van der Waals surface area contributed by atoms with Gasteiger partial charge in [0.1, 0.15) is 6.04 Å². The monoisotopic (exact) mass is 246 g/mol. The highest BCUT2D eigenvalue weighted by molar-refractivity contribution is 6.04. The minimum Gasteiger partial charge on any atom is -0.313 e. The Labute approximate surface area is 109 Å². The van der Waals surface area contributed by atoms with E-state index < -0.39 is 0 Å². The number of nitrogens with one attached hydrogen (secondary N) is 1. The van der Waals surface area contributed by atoms with E-state index in [0.29, 0.717) is 12.0 Å². The SMILES string of the molecule is CCC(NC1C(=O)N(C)c2ccccc21)C(C)C. The van der Waals surface area contributed by atoms with Crippen molar-refractivity contribution in [1.29, 1.82) is 0 Å². The molecule has 1 heterocycles. The number of carbonyl (C=O) groups excluding carboxylic acids is 1. The quantitative estimate of drug-likeness (QED) is 0.886. The van der Waals surface area contributed by atoms with E-state index in [0.717, 1.165) is 17.7 Å². The van der Waals surface area contributed by atoms with Crippen LogP contribution in [0.3, 0.4) is 0 Å². The molecule has 1 amide bonds. The molecule has 2 rings (SSSR count). The molecule has 0 aromatic heterocycles. The predicted molar refractivity (Wildman–Crippen MR) is 74.6 cm³/mol. The number of hydrogen-bond acceptors (Lipinski definition) is 2. The van der Waals surface area contributed by atoms with Crippen molar-refractivity contribution in [3.8, 4) is 0 Å². The van der Waals surface area contributed by atoms with Crippen molar-refractivity contribution in [2.24, 2.45) is 5.92 Å². The Morgan fingerprint density at radius 2 is 2.00 bits per heavy atom. The van der Waals surface area contributed by atoms with Crippen LogP contribution >= 0.6 is 0 Å². The first-order valence-electron chi connectivity index (χ1n) is 6.68. The van der Waals surface area contributed by atoms with Crippen LogP contribution in [0.15, 0.2) is 24.3 Å². The number of benzene rings is 1. The van der Waals surface area contributed by atoms with Gasteiger partial charge in [-0.1, -0.05) is 39.0 Å². The minimum absolute atomic E-state index is 0.148. The normalized spacial score (nSPS) is 20.4. The summed E-state index contributed by atoms with van der Waals surface area (Å²) in [5.74, 6) is 0.677. The third kappa shape index (κ3) is 2.15. The van der Waals surface area contributed by atoms with Crippen molar-refractivity contribution in [2.45, 2.75) is 39.3 Å². The van der Waals surface area contributed by atoms with Crippen LogP contribution < -0.4 is 10.2 Å². The van der Waals surface area contributed by atoms with E-state index in [2.05, 4.69) is 26.1 Å². The molecule has 1 aromatic carbocycles. The second-order valence-corrected chi connectivity index (χ2v) is 5.31. The predicted octanol–water partition coefficient (Wildman–Crippen LogP) is 2.73. The smallest absolute Gasteiger partial charge is 0.248 e. The van der Waals surface area contributed by atoms with Gasteiger partial charge in [-0.2, -0.15) is 0 Å². The van der Waals surface area contributed by atoms with E-state index in [-0.39, 0.29) is 11.9 Å². The Morgan fingerprint density at radius 3 is 2.61 bits per heavy atom. The van der Waals surface area contributed by atoms with Gasteiger partial charge in [-0.3, -0.25) is 10.1 Å². The average molecular weight is 246 g/mol. The van der Waals surface area contributed by atoms with Crippen LogP contribution in [0.25, 0.3) is 0 Å². The molecular weight excluding hydrogens is 224 g/mol. The number of hydrogen-bond donors (Lipinski definition) is 1. The summed E-state index contributed by atoms with van der Waals surface area (Å²) in [6.07, 6.45) is 1.04. The number of fused-ring (bicyclic) bond motifs is 1. The summed E-state index contributed by atoms with van der Waals surface area (Å²) in [6.45, 7) is 6.54. The van der Waals surface area contributed by atoms with Gasteiger partial charge in [-0.05, 0) is 18.4 Å². The lowest BCUT2D eigenvalue weighted by atomic mass is 9.99. The Bertz CT molecular complexity index is 442. The molecular formula is C15H22N2O. The van der Waals surface area contributed by atoms with Crippen molar-refractivity contribution < 1.29 is 4.79 Å². The summed E-state index contributed by atoms with van der Waals surface area (Å²) in [6, 6.07) is 8.21. The van der Waals surface area contributed by atoms with E-state index in [1.54, 1.807) is 4.90 Å². The maximum absolute atomic E-state index is 12.3. The highest BCUT2D eigenvalue weighted by Crippen LogP contribution is 2.35. The van der Waals surface area contributed by atoms with Crippen LogP contribution in [0.5, 0.6) is 0 Å². The molecule has 0 spiro atoms. The topological polar surface area (TPSA) is 32.3 Å². The third-order valence-corrected chi connectivity index (χ3v) is 3.81. The molecule has 2 unspecified atom stereocenters. The molecule has 1 N–H and O–H groups in total. The van der Waals surface area contributed by atoms with Gasteiger partial charge in [0.05, 0.1) is 0 Å². The molecule has 18 heavy (non-hydrogen) atoms. The first-order chi connectivity index (χ1) is 8.56. The standard InChI is InChI=1S/C15H22N2O/c1-5-12(10(2)3)16-14-11-8-6-7-9-13(11)17(4)15(14)18/h6-10,12,14,16H,5H2,1-4H3. The lowest BCUT2D eigenvalue weighted by Crippen LogP contribution is -2.40. The summed E-state index contributed by atoms with van der Waals surface area (Å²) in [4.78, 5) is 14.0. The van der Waals surface area contributed by atoms with Gasteiger partial charge >= 0.3 is 0 Å². The molecule has 1 aliphatic rings. The Kier molecular flexibility index (Phi) is 3.71. The van der Waals surface area contributed by atoms with Crippen LogP contribution in [0, 0.1) is 5.92 Å². The van der Waals surface area contributed by atoms with Crippen LogP contribution in [-0.2, 0) is 4.79 Å². The Hall–Kier alpha value is -1.35. The van der Waals surface area contributed by atoms with Crippen molar-refractivity contribution in [1.82, 2.24) is 5.32 Å². The van der Waals surface area contributed by atoms with Gasteiger partial charge in [0.25, 0.3) is 0 Å². The molecule has 2 atom stereocenters. The zero-order valence-electron chi connectivity index (χ0n) is 11.6. The van der Waals surface area contributed by atoms with Gasteiger partial charge in [0.15, 0.2) is 0 Å². The molecule has 0 bridgehead atoms. The molecule has 0 aliphatic carbocycles. The third-order valence-electron chi connectivity index (χ3n) is 3.81. The molecule has 0 radical (unpaired) electrons. The largest absolute Gasteiger partial charge is 0.313 e. The van der Waals surface area contributed by atoms with Crippen LogP contribution in [0.4, 0.5) is 5.69 Å². The van der Waals surface area contributed by atoms with Crippen LogP contribution in [0.1, 0.15) is 38.8 Å². The zero-order chi connectivity index (χ0) is 13.3. The van der Waals surface area contributed by atoms with Crippen molar-refractivity contribution >= 4 is 11.6 Å². The molecule has 3 nitrogen and oxygen atoms in total. The van der Waals surface area contributed by atoms with E-state index >= 15 is 0 Å². The van der Waals surface area contributed by atoms with Gasteiger partial charge < -0.3 is 4.90 Å². The van der Waals surface area contributed by atoms with E-state index in [1.165, 1.54) is 0 Å². The molecule has 1 aliphatic heterocycles. The molecule has 1 aromatic rings. The highest BCUT2D eigenvalue weighted by atomic mass is 16.2.